The summed E-state index contributed by atoms with van der Waals surface area (Å²) in [5.41, 5.74) is 10.1. The molecule has 0 radical (unpaired) electrons. The highest BCUT2D eigenvalue weighted by atomic mass is 35.5. The highest BCUT2D eigenvalue weighted by molar-refractivity contribution is 6.42. The molecule has 1 aliphatic carbocycles. The molecular weight excluding hydrogens is 301 g/mol. The largest absolute Gasteiger partial charge is 0.324 e. The molecule has 2 aromatic carbocycles. The van der Waals surface area contributed by atoms with Gasteiger partial charge in [-0.3, -0.25) is 0 Å². The van der Waals surface area contributed by atoms with E-state index in [0.717, 1.165) is 17.9 Å². The molecule has 1 nitrogen and oxygen atoms in total. The zero-order chi connectivity index (χ0) is 14.8. The smallest absolute Gasteiger partial charge is 0.0595 e. The predicted octanol–water partition coefficient (Wildman–Crippen LogP) is 5.50. The summed E-state index contributed by atoms with van der Waals surface area (Å²) in [4.78, 5) is 0. The Kier molecular flexibility index (Phi) is 4.54. The van der Waals surface area contributed by atoms with Gasteiger partial charge in [0.2, 0.25) is 0 Å². The van der Waals surface area contributed by atoms with Gasteiger partial charge in [-0.15, -0.1) is 0 Å². The van der Waals surface area contributed by atoms with Crippen LogP contribution < -0.4 is 5.73 Å². The van der Waals surface area contributed by atoms with Crippen LogP contribution in [0.3, 0.4) is 0 Å². The molecule has 110 valence electrons. The van der Waals surface area contributed by atoms with E-state index in [1.165, 1.54) is 30.4 Å². The molecule has 2 N–H and O–H groups in total. The molecule has 1 saturated carbocycles. The molecule has 2 aromatic rings. The van der Waals surface area contributed by atoms with Gasteiger partial charge in [-0.1, -0.05) is 60.0 Å². The van der Waals surface area contributed by atoms with Gasteiger partial charge >= 0.3 is 0 Å². The molecule has 21 heavy (non-hydrogen) atoms. The zero-order valence-electron chi connectivity index (χ0n) is 11.9. The number of hydrogen-bond donors (Lipinski definition) is 1. The Bertz CT molecular complexity index is 635. The first-order valence-corrected chi connectivity index (χ1v) is 8.18. The second kappa shape index (κ2) is 6.39. The first-order valence-electron chi connectivity index (χ1n) is 7.43. The predicted molar refractivity (Wildman–Crippen MR) is 90.1 cm³/mol. The van der Waals surface area contributed by atoms with Crippen LogP contribution in [0.4, 0.5) is 0 Å². The first kappa shape index (κ1) is 14.9. The third-order valence-electron chi connectivity index (χ3n) is 4.36. The van der Waals surface area contributed by atoms with Crippen molar-refractivity contribution in [2.45, 2.75) is 37.6 Å². The highest BCUT2D eigenvalue weighted by Gasteiger charge is 2.20. The maximum atomic E-state index is 6.37. The molecule has 1 unspecified atom stereocenters. The Hall–Kier alpha value is -1.02. The van der Waals surface area contributed by atoms with E-state index in [-0.39, 0.29) is 6.04 Å². The first-order chi connectivity index (χ1) is 10.1. The fraction of sp³-hybridized carbons (Fsp3) is 0.333. The Balaban J connectivity index is 1.75. The quantitative estimate of drug-likeness (QED) is 0.790. The number of rotatable bonds is 4. The van der Waals surface area contributed by atoms with Crippen molar-refractivity contribution in [1.29, 1.82) is 0 Å². The molecule has 1 aliphatic rings. The SMILES string of the molecule is NC(Cc1ccc(Cl)c(Cl)c1)c1cccc(C2CCC2)c1. The number of benzene rings is 2. The summed E-state index contributed by atoms with van der Waals surface area (Å²) in [5.74, 6) is 0.738. The summed E-state index contributed by atoms with van der Waals surface area (Å²) in [7, 11) is 0. The van der Waals surface area contributed by atoms with Crippen molar-refractivity contribution < 1.29 is 0 Å². The standard InChI is InChI=1S/C18H19Cl2N/c19-16-8-7-12(9-17(16)20)10-18(21)15-6-2-5-14(11-15)13-3-1-4-13/h2,5-9,11,13,18H,1,3-4,10,21H2. The maximum Gasteiger partial charge on any atom is 0.0595 e. The van der Waals surface area contributed by atoms with Crippen molar-refractivity contribution in [1.82, 2.24) is 0 Å². The van der Waals surface area contributed by atoms with Crippen LogP contribution in [0.2, 0.25) is 10.0 Å². The van der Waals surface area contributed by atoms with E-state index in [2.05, 4.69) is 24.3 Å². The molecule has 0 bridgehead atoms. The van der Waals surface area contributed by atoms with Crippen LogP contribution in [-0.4, -0.2) is 0 Å². The van der Waals surface area contributed by atoms with E-state index in [4.69, 9.17) is 28.9 Å². The van der Waals surface area contributed by atoms with Gasteiger partial charge in [0.15, 0.2) is 0 Å². The van der Waals surface area contributed by atoms with Crippen molar-refractivity contribution in [3.05, 3.63) is 69.2 Å². The van der Waals surface area contributed by atoms with Crippen LogP contribution in [0, 0.1) is 0 Å². The lowest BCUT2D eigenvalue weighted by atomic mass is 9.79. The number of nitrogens with two attached hydrogens (primary N) is 1. The van der Waals surface area contributed by atoms with Crippen LogP contribution in [0.1, 0.15) is 47.9 Å². The monoisotopic (exact) mass is 319 g/mol. The lowest BCUT2D eigenvalue weighted by molar-refractivity contribution is 0.419. The fourth-order valence-electron chi connectivity index (χ4n) is 2.82. The van der Waals surface area contributed by atoms with E-state index in [9.17, 15) is 0 Å². The number of hydrogen-bond acceptors (Lipinski definition) is 1. The minimum Gasteiger partial charge on any atom is -0.324 e. The summed E-state index contributed by atoms with van der Waals surface area (Å²) < 4.78 is 0. The average Bonchev–Trinajstić information content (AvgIpc) is 2.41. The maximum absolute atomic E-state index is 6.37. The van der Waals surface area contributed by atoms with E-state index in [0.29, 0.717) is 10.0 Å². The minimum absolute atomic E-state index is 0.0118. The Labute approximate surface area is 136 Å². The van der Waals surface area contributed by atoms with Gasteiger partial charge in [0.05, 0.1) is 10.0 Å². The van der Waals surface area contributed by atoms with Crippen LogP contribution in [0.25, 0.3) is 0 Å². The summed E-state index contributed by atoms with van der Waals surface area (Å²) in [6, 6.07) is 14.4. The normalized spacial score (nSPS) is 16.5. The lowest BCUT2D eigenvalue weighted by Crippen LogP contribution is -2.15. The van der Waals surface area contributed by atoms with Gasteiger partial charge in [0.25, 0.3) is 0 Å². The van der Waals surface area contributed by atoms with Crippen LogP contribution in [-0.2, 0) is 6.42 Å². The highest BCUT2D eigenvalue weighted by Crippen LogP contribution is 2.37. The van der Waals surface area contributed by atoms with Crippen molar-refractivity contribution >= 4 is 23.2 Å². The molecule has 3 heteroatoms. The summed E-state index contributed by atoms with van der Waals surface area (Å²) in [6.45, 7) is 0. The minimum atomic E-state index is -0.0118. The molecule has 0 spiro atoms. The van der Waals surface area contributed by atoms with E-state index >= 15 is 0 Å². The third-order valence-corrected chi connectivity index (χ3v) is 5.09. The van der Waals surface area contributed by atoms with Crippen molar-refractivity contribution in [2.24, 2.45) is 5.73 Å². The molecule has 1 fully saturated rings. The van der Waals surface area contributed by atoms with Crippen LogP contribution in [0.15, 0.2) is 42.5 Å². The van der Waals surface area contributed by atoms with Crippen molar-refractivity contribution in [3.63, 3.8) is 0 Å². The molecule has 1 atom stereocenters. The molecule has 3 rings (SSSR count). The van der Waals surface area contributed by atoms with E-state index < -0.39 is 0 Å². The second-order valence-electron chi connectivity index (χ2n) is 5.86. The van der Waals surface area contributed by atoms with Crippen LogP contribution >= 0.6 is 23.2 Å². The summed E-state index contributed by atoms with van der Waals surface area (Å²) in [6.07, 6.45) is 4.74. The van der Waals surface area contributed by atoms with Gasteiger partial charge in [-0.25, -0.2) is 0 Å². The van der Waals surface area contributed by atoms with Gasteiger partial charge in [0, 0.05) is 6.04 Å². The van der Waals surface area contributed by atoms with E-state index in [1.54, 1.807) is 0 Å². The average molecular weight is 320 g/mol. The van der Waals surface area contributed by atoms with Crippen molar-refractivity contribution in [2.75, 3.05) is 0 Å². The molecule has 0 heterocycles. The summed E-state index contributed by atoms with van der Waals surface area (Å²) >= 11 is 12.0. The zero-order valence-corrected chi connectivity index (χ0v) is 13.4. The van der Waals surface area contributed by atoms with Gasteiger partial charge in [0.1, 0.15) is 0 Å². The molecule has 0 saturated heterocycles. The Morgan fingerprint density at radius 2 is 1.86 bits per heavy atom. The molecular formula is C18H19Cl2N. The topological polar surface area (TPSA) is 26.0 Å². The molecule has 0 aromatic heterocycles. The van der Waals surface area contributed by atoms with Gasteiger partial charge in [-0.05, 0) is 54.0 Å². The second-order valence-corrected chi connectivity index (χ2v) is 6.67. The Morgan fingerprint density at radius 1 is 1.05 bits per heavy atom. The van der Waals surface area contributed by atoms with E-state index in [1.807, 2.05) is 18.2 Å². The molecule has 0 amide bonds. The van der Waals surface area contributed by atoms with Gasteiger partial charge in [-0.2, -0.15) is 0 Å². The fourth-order valence-corrected chi connectivity index (χ4v) is 3.14. The lowest BCUT2D eigenvalue weighted by Gasteiger charge is -2.26. The van der Waals surface area contributed by atoms with Crippen LogP contribution in [0.5, 0.6) is 0 Å². The summed E-state index contributed by atoms with van der Waals surface area (Å²) in [5, 5.41) is 1.17. The van der Waals surface area contributed by atoms with Gasteiger partial charge < -0.3 is 5.73 Å². The Morgan fingerprint density at radius 3 is 2.52 bits per heavy atom. The molecule has 0 aliphatic heterocycles. The van der Waals surface area contributed by atoms with Crippen molar-refractivity contribution in [3.8, 4) is 0 Å². The third kappa shape index (κ3) is 3.42. The number of halogens is 2.